The zero-order chi connectivity index (χ0) is 15.1. The highest BCUT2D eigenvalue weighted by atomic mass is 15.3. The molecule has 3 aromatic heterocycles. The van der Waals surface area contributed by atoms with Gasteiger partial charge in [-0.2, -0.15) is 9.61 Å². The van der Waals surface area contributed by atoms with Crippen LogP contribution in [-0.2, 0) is 6.54 Å². The van der Waals surface area contributed by atoms with Crippen LogP contribution in [0.1, 0.15) is 13.3 Å². The van der Waals surface area contributed by atoms with Gasteiger partial charge >= 0.3 is 0 Å². The van der Waals surface area contributed by atoms with Crippen LogP contribution in [0.3, 0.4) is 0 Å². The molecule has 0 aliphatic carbocycles. The minimum Gasteiger partial charge on any atom is -0.383 e. The fourth-order valence-electron chi connectivity index (χ4n) is 2.92. The molecule has 3 heterocycles. The molecule has 2 N–H and O–H groups in total. The fourth-order valence-corrected chi connectivity index (χ4v) is 2.92. The van der Waals surface area contributed by atoms with Crippen molar-refractivity contribution in [2.24, 2.45) is 0 Å². The van der Waals surface area contributed by atoms with Gasteiger partial charge in [0.05, 0.1) is 6.20 Å². The Morgan fingerprint density at radius 3 is 2.95 bits per heavy atom. The molecule has 5 heteroatoms. The summed E-state index contributed by atoms with van der Waals surface area (Å²) in [5, 5.41) is 5.43. The Morgan fingerprint density at radius 2 is 2.09 bits per heavy atom. The number of benzene rings is 1. The van der Waals surface area contributed by atoms with Gasteiger partial charge in [-0.25, -0.2) is 4.98 Å². The van der Waals surface area contributed by atoms with Crippen molar-refractivity contribution in [1.82, 2.24) is 19.2 Å². The zero-order valence-electron chi connectivity index (χ0n) is 12.4. The Morgan fingerprint density at radius 1 is 1.18 bits per heavy atom. The second-order valence-corrected chi connectivity index (χ2v) is 5.44. The second-order valence-electron chi connectivity index (χ2n) is 5.44. The third-order valence-corrected chi connectivity index (χ3v) is 4.00. The molecule has 0 atom stereocenters. The largest absolute Gasteiger partial charge is 0.383 e. The molecule has 4 rings (SSSR count). The molecule has 0 radical (unpaired) electrons. The van der Waals surface area contributed by atoms with E-state index in [0.717, 1.165) is 29.7 Å². The van der Waals surface area contributed by atoms with Gasteiger partial charge in [0, 0.05) is 41.5 Å². The van der Waals surface area contributed by atoms with Crippen LogP contribution in [0.4, 0.5) is 5.82 Å². The predicted molar refractivity (Wildman–Crippen MR) is 88.6 cm³/mol. The van der Waals surface area contributed by atoms with Gasteiger partial charge in [0.2, 0.25) is 0 Å². The lowest BCUT2D eigenvalue weighted by Gasteiger charge is -2.08. The number of rotatable bonds is 3. The summed E-state index contributed by atoms with van der Waals surface area (Å²) in [6.45, 7) is 3.22. The molecule has 1 aromatic carbocycles. The third-order valence-electron chi connectivity index (χ3n) is 4.00. The van der Waals surface area contributed by atoms with E-state index in [1.807, 2.05) is 12.3 Å². The molecular weight excluding hydrogens is 274 g/mol. The van der Waals surface area contributed by atoms with Crippen molar-refractivity contribution in [2.75, 3.05) is 5.73 Å². The lowest BCUT2D eigenvalue weighted by Crippen LogP contribution is -2.02. The molecule has 0 saturated heterocycles. The highest BCUT2D eigenvalue weighted by Crippen LogP contribution is 2.29. The first-order chi connectivity index (χ1) is 10.8. The number of hydrogen-bond acceptors (Lipinski definition) is 3. The summed E-state index contributed by atoms with van der Waals surface area (Å²) >= 11 is 0. The van der Waals surface area contributed by atoms with Gasteiger partial charge < -0.3 is 10.3 Å². The molecule has 0 unspecified atom stereocenters. The second kappa shape index (κ2) is 4.87. The van der Waals surface area contributed by atoms with Gasteiger partial charge in [0.25, 0.3) is 0 Å². The number of nitrogens with zero attached hydrogens (tertiary/aromatic N) is 4. The number of aromatic nitrogens is 4. The van der Waals surface area contributed by atoms with Gasteiger partial charge in [-0.15, -0.1) is 0 Å². The third kappa shape index (κ3) is 1.86. The van der Waals surface area contributed by atoms with Gasteiger partial charge in [-0.05, 0) is 30.2 Å². The van der Waals surface area contributed by atoms with Crippen molar-refractivity contribution >= 4 is 22.4 Å². The van der Waals surface area contributed by atoms with Crippen LogP contribution in [-0.4, -0.2) is 19.2 Å². The number of nitrogen functional groups attached to an aromatic ring is 1. The summed E-state index contributed by atoms with van der Waals surface area (Å²) < 4.78 is 3.94. The topological polar surface area (TPSA) is 61.1 Å². The van der Waals surface area contributed by atoms with Crippen molar-refractivity contribution < 1.29 is 0 Å². The molecule has 4 aromatic rings. The maximum atomic E-state index is 6.25. The zero-order valence-corrected chi connectivity index (χ0v) is 12.4. The lowest BCUT2D eigenvalue weighted by atomic mass is 10.1. The van der Waals surface area contributed by atoms with E-state index in [-0.39, 0.29) is 0 Å². The van der Waals surface area contributed by atoms with Crippen LogP contribution < -0.4 is 5.73 Å². The molecule has 22 heavy (non-hydrogen) atoms. The smallest absolute Gasteiger partial charge is 0.157 e. The van der Waals surface area contributed by atoms with Crippen LogP contribution in [0.25, 0.3) is 27.7 Å². The first-order valence-corrected chi connectivity index (χ1v) is 7.45. The Labute approximate surface area is 128 Å². The van der Waals surface area contributed by atoms with Crippen molar-refractivity contribution in [2.45, 2.75) is 19.9 Å². The number of fused-ring (bicyclic) bond motifs is 2. The lowest BCUT2D eigenvalue weighted by molar-refractivity contribution is 0.703. The van der Waals surface area contributed by atoms with E-state index >= 15 is 0 Å². The standard InChI is InChI=1S/C17H17N5/c1-2-8-21-9-6-13-10-12(3-4-15(13)21)14-11-19-16-5-7-20-22(16)17(14)18/h3-7,9-11H,2,8,18H2,1H3. The molecule has 0 saturated carbocycles. The number of anilines is 1. The van der Waals surface area contributed by atoms with Crippen molar-refractivity contribution in [3.05, 3.63) is 48.9 Å². The number of hydrogen-bond donors (Lipinski definition) is 1. The Balaban J connectivity index is 1.87. The van der Waals surface area contributed by atoms with Gasteiger partial charge in [-0.3, -0.25) is 0 Å². The SMILES string of the molecule is CCCn1ccc2cc(-c3cnc4ccnn4c3N)ccc21. The monoisotopic (exact) mass is 291 g/mol. The minimum absolute atomic E-state index is 0.613. The van der Waals surface area contributed by atoms with E-state index in [1.54, 1.807) is 10.7 Å². The quantitative estimate of drug-likeness (QED) is 0.629. The van der Waals surface area contributed by atoms with Crippen LogP contribution >= 0.6 is 0 Å². The Hall–Kier alpha value is -2.82. The fraction of sp³-hybridized carbons (Fsp3) is 0.176. The summed E-state index contributed by atoms with van der Waals surface area (Å²) in [7, 11) is 0. The van der Waals surface area contributed by atoms with E-state index in [4.69, 9.17) is 5.73 Å². The van der Waals surface area contributed by atoms with Crippen LogP contribution in [0, 0.1) is 0 Å². The van der Waals surface area contributed by atoms with E-state index in [0.29, 0.717) is 5.82 Å². The van der Waals surface area contributed by atoms with Crippen molar-refractivity contribution in [1.29, 1.82) is 0 Å². The van der Waals surface area contributed by atoms with Gasteiger partial charge in [0.1, 0.15) is 5.82 Å². The molecule has 0 amide bonds. The summed E-state index contributed by atoms with van der Waals surface area (Å²) in [6.07, 6.45) is 6.78. The number of nitrogens with two attached hydrogens (primary N) is 1. The van der Waals surface area contributed by atoms with Crippen LogP contribution in [0.5, 0.6) is 0 Å². The maximum Gasteiger partial charge on any atom is 0.157 e. The predicted octanol–water partition coefficient (Wildman–Crippen LogP) is 3.34. The van der Waals surface area contributed by atoms with Crippen LogP contribution in [0.2, 0.25) is 0 Å². The molecule has 0 aliphatic heterocycles. The van der Waals surface area contributed by atoms with Gasteiger partial charge in [-0.1, -0.05) is 13.0 Å². The average molecular weight is 291 g/mol. The first-order valence-electron chi connectivity index (χ1n) is 7.45. The van der Waals surface area contributed by atoms with Crippen molar-refractivity contribution in [3.8, 4) is 11.1 Å². The summed E-state index contributed by atoms with van der Waals surface area (Å²) in [5.74, 6) is 0.613. The molecule has 0 spiro atoms. The Bertz CT molecular complexity index is 964. The summed E-state index contributed by atoms with van der Waals surface area (Å²) in [6, 6.07) is 10.4. The summed E-state index contributed by atoms with van der Waals surface area (Å²) in [4.78, 5) is 4.41. The molecule has 110 valence electrons. The van der Waals surface area contributed by atoms with E-state index in [2.05, 4.69) is 52.0 Å². The maximum absolute atomic E-state index is 6.25. The molecule has 0 bridgehead atoms. The van der Waals surface area contributed by atoms with E-state index < -0.39 is 0 Å². The Kier molecular flexibility index (Phi) is 2.85. The highest BCUT2D eigenvalue weighted by molar-refractivity contribution is 5.87. The molecule has 0 aliphatic rings. The summed E-state index contributed by atoms with van der Waals surface area (Å²) in [5.41, 5.74) is 10.2. The molecule has 5 nitrogen and oxygen atoms in total. The average Bonchev–Trinajstić information content (AvgIpc) is 3.15. The molecule has 0 fully saturated rings. The number of aryl methyl sites for hydroxylation is 1. The van der Waals surface area contributed by atoms with Crippen LogP contribution in [0.15, 0.2) is 48.9 Å². The molecular formula is C17H17N5. The van der Waals surface area contributed by atoms with E-state index in [9.17, 15) is 0 Å². The van der Waals surface area contributed by atoms with Gasteiger partial charge in [0.15, 0.2) is 5.65 Å². The first kappa shape index (κ1) is 12.9. The highest BCUT2D eigenvalue weighted by Gasteiger charge is 2.10. The minimum atomic E-state index is 0.613. The van der Waals surface area contributed by atoms with E-state index in [1.165, 1.54) is 10.9 Å². The normalized spacial score (nSPS) is 11.5. The van der Waals surface area contributed by atoms with Crippen molar-refractivity contribution in [3.63, 3.8) is 0 Å².